The first-order valence-electron chi connectivity index (χ1n) is 6.91. The Morgan fingerprint density at radius 3 is 2.00 bits per heavy atom. The second-order valence-corrected chi connectivity index (χ2v) is 7.14. The van der Waals surface area contributed by atoms with E-state index in [1.165, 1.54) is 31.2 Å². The standard InChI is InChI=1S/C15H18N2O4S2/c1-11(19)16-6-8-22-23-9-7-17-15(21)13-4-2-12(3-5-13)14(20)10-18/h2-5,10H,6-9H2,1H3,(H,16,19)(H,17,21). The number of hydrogen-bond donors (Lipinski definition) is 2. The van der Waals surface area contributed by atoms with Crippen LogP contribution < -0.4 is 10.6 Å². The molecular formula is C15H18N2O4S2. The molecule has 0 fully saturated rings. The van der Waals surface area contributed by atoms with Crippen molar-refractivity contribution in [3.8, 4) is 0 Å². The molecule has 0 aliphatic carbocycles. The Morgan fingerprint density at radius 2 is 1.48 bits per heavy atom. The molecule has 124 valence electrons. The third-order valence-corrected chi connectivity index (χ3v) is 5.06. The zero-order valence-electron chi connectivity index (χ0n) is 12.7. The van der Waals surface area contributed by atoms with Crippen molar-refractivity contribution >= 4 is 45.5 Å². The second kappa shape index (κ2) is 10.8. The smallest absolute Gasteiger partial charge is 0.251 e. The molecule has 0 saturated heterocycles. The maximum absolute atomic E-state index is 11.9. The monoisotopic (exact) mass is 354 g/mol. The van der Waals surface area contributed by atoms with Crippen LogP contribution in [0.3, 0.4) is 0 Å². The Bertz CT molecular complexity index is 561. The quantitative estimate of drug-likeness (QED) is 0.216. The molecule has 1 rings (SSSR count). The number of ketones is 1. The first-order valence-corrected chi connectivity index (χ1v) is 9.40. The largest absolute Gasteiger partial charge is 0.355 e. The molecule has 23 heavy (non-hydrogen) atoms. The van der Waals surface area contributed by atoms with Gasteiger partial charge < -0.3 is 10.6 Å². The molecule has 0 atom stereocenters. The Balaban J connectivity index is 2.20. The van der Waals surface area contributed by atoms with E-state index in [2.05, 4.69) is 10.6 Å². The number of Topliss-reactive ketones (excluding diaryl/α,β-unsaturated/α-hetero) is 1. The van der Waals surface area contributed by atoms with Crippen LogP contribution >= 0.6 is 21.6 Å². The van der Waals surface area contributed by atoms with Crippen molar-refractivity contribution in [1.82, 2.24) is 10.6 Å². The van der Waals surface area contributed by atoms with E-state index in [1.807, 2.05) is 0 Å². The average Bonchev–Trinajstić information content (AvgIpc) is 2.56. The van der Waals surface area contributed by atoms with E-state index in [0.29, 0.717) is 18.7 Å². The van der Waals surface area contributed by atoms with Gasteiger partial charge in [0.1, 0.15) is 0 Å². The number of aldehydes is 1. The summed E-state index contributed by atoms with van der Waals surface area (Å²) in [6.07, 6.45) is 0.246. The molecule has 0 spiro atoms. The van der Waals surface area contributed by atoms with Crippen molar-refractivity contribution in [3.05, 3.63) is 35.4 Å². The summed E-state index contributed by atoms with van der Waals surface area (Å²) >= 11 is 0. The van der Waals surface area contributed by atoms with Crippen molar-refractivity contribution in [3.63, 3.8) is 0 Å². The van der Waals surface area contributed by atoms with E-state index in [-0.39, 0.29) is 23.7 Å². The topological polar surface area (TPSA) is 92.3 Å². The summed E-state index contributed by atoms with van der Waals surface area (Å²) < 4.78 is 0. The van der Waals surface area contributed by atoms with E-state index in [4.69, 9.17) is 0 Å². The number of nitrogens with one attached hydrogen (secondary N) is 2. The molecule has 0 bridgehead atoms. The molecule has 1 aromatic carbocycles. The van der Waals surface area contributed by atoms with Crippen LogP contribution in [-0.2, 0) is 9.59 Å². The second-order valence-electron chi connectivity index (χ2n) is 4.44. The first-order chi connectivity index (χ1) is 11.0. The third-order valence-electron chi connectivity index (χ3n) is 2.65. The fourth-order valence-electron chi connectivity index (χ4n) is 1.55. The zero-order valence-corrected chi connectivity index (χ0v) is 14.3. The molecule has 2 amide bonds. The lowest BCUT2D eigenvalue weighted by Crippen LogP contribution is -2.25. The van der Waals surface area contributed by atoms with Gasteiger partial charge in [0, 0.05) is 42.6 Å². The number of hydrogen-bond acceptors (Lipinski definition) is 6. The van der Waals surface area contributed by atoms with Crippen molar-refractivity contribution in [1.29, 1.82) is 0 Å². The van der Waals surface area contributed by atoms with E-state index < -0.39 is 5.78 Å². The molecule has 0 aliphatic heterocycles. The fraction of sp³-hybridized carbons (Fsp3) is 0.333. The van der Waals surface area contributed by atoms with Gasteiger partial charge in [0.25, 0.3) is 5.91 Å². The molecule has 0 saturated carbocycles. The lowest BCUT2D eigenvalue weighted by molar-refractivity contribution is -0.118. The third kappa shape index (κ3) is 7.85. The first kappa shape index (κ1) is 19.2. The summed E-state index contributed by atoms with van der Waals surface area (Å²) in [7, 11) is 3.25. The summed E-state index contributed by atoms with van der Waals surface area (Å²) in [5.41, 5.74) is 0.707. The maximum Gasteiger partial charge on any atom is 0.251 e. The van der Waals surface area contributed by atoms with Gasteiger partial charge in [-0.05, 0) is 12.1 Å². The van der Waals surface area contributed by atoms with Gasteiger partial charge in [-0.15, -0.1) is 0 Å². The van der Waals surface area contributed by atoms with Crippen molar-refractivity contribution < 1.29 is 19.2 Å². The highest BCUT2D eigenvalue weighted by molar-refractivity contribution is 8.76. The minimum absolute atomic E-state index is 0.0382. The highest BCUT2D eigenvalue weighted by atomic mass is 33.1. The van der Waals surface area contributed by atoms with Gasteiger partial charge >= 0.3 is 0 Å². The maximum atomic E-state index is 11.9. The fourth-order valence-corrected chi connectivity index (χ4v) is 3.36. The molecular weight excluding hydrogens is 336 g/mol. The zero-order chi connectivity index (χ0) is 17.1. The molecule has 6 nitrogen and oxygen atoms in total. The number of rotatable bonds is 10. The summed E-state index contributed by atoms with van der Waals surface area (Å²) in [6.45, 7) is 2.63. The van der Waals surface area contributed by atoms with Crippen LogP contribution in [0.2, 0.25) is 0 Å². The Labute approximate surface area is 142 Å². The van der Waals surface area contributed by atoms with Gasteiger partial charge in [0.15, 0.2) is 6.29 Å². The Morgan fingerprint density at radius 1 is 0.957 bits per heavy atom. The van der Waals surface area contributed by atoms with Gasteiger partial charge in [-0.3, -0.25) is 19.2 Å². The van der Waals surface area contributed by atoms with E-state index in [9.17, 15) is 19.2 Å². The highest BCUT2D eigenvalue weighted by Gasteiger charge is 2.07. The molecule has 0 aromatic heterocycles. The Kier molecular flexibility index (Phi) is 9.08. The van der Waals surface area contributed by atoms with Gasteiger partial charge in [0.2, 0.25) is 11.7 Å². The normalized spacial score (nSPS) is 9.96. The van der Waals surface area contributed by atoms with E-state index >= 15 is 0 Å². The predicted molar refractivity (Wildman–Crippen MR) is 92.8 cm³/mol. The molecule has 2 N–H and O–H groups in total. The minimum atomic E-state index is -0.607. The summed E-state index contributed by atoms with van der Waals surface area (Å²) in [5, 5.41) is 5.48. The van der Waals surface area contributed by atoms with Gasteiger partial charge in [0.05, 0.1) is 0 Å². The lowest BCUT2D eigenvalue weighted by Gasteiger charge is -2.05. The molecule has 0 unspecified atom stereocenters. The van der Waals surface area contributed by atoms with Crippen LogP contribution in [0.4, 0.5) is 0 Å². The summed E-state index contributed by atoms with van der Waals surface area (Å²) in [6, 6.07) is 5.94. The molecule has 0 aliphatic rings. The van der Waals surface area contributed by atoms with E-state index in [0.717, 1.165) is 11.5 Å². The SMILES string of the molecule is CC(=O)NCCSSCCNC(=O)c1ccc(C(=O)C=O)cc1. The summed E-state index contributed by atoms with van der Waals surface area (Å²) in [5.74, 6) is 0.690. The highest BCUT2D eigenvalue weighted by Crippen LogP contribution is 2.19. The number of amides is 2. The average molecular weight is 354 g/mol. The van der Waals surface area contributed by atoms with Crippen molar-refractivity contribution in [2.24, 2.45) is 0 Å². The van der Waals surface area contributed by atoms with Crippen LogP contribution in [0.1, 0.15) is 27.6 Å². The minimum Gasteiger partial charge on any atom is -0.355 e. The van der Waals surface area contributed by atoms with Gasteiger partial charge in [-0.25, -0.2) is 0 Å². The van der Waals surface area contributed by atoms with E-state index in [1.54, 1.807) is 21.6 Å². The van der Waals surface area contributed by atoms with Crippen LogP contribution in [-0.4, -0.2) is 48.5 Å². The molecule has 0 heterocycles. The summed E-state index contributed by atoms with van der Waals surface area (Å²) in [4.78, 5) is 44.1. The van der Waals surface area contributed by atoms with Crippen molar-refractivity contribution in [2.45, 2.75) is 6.92 Å². The lowest BCUT2D eigenvalue weighted by atomic mass is 10.1. The van der Waals surface area contributed by atoms with Crippen LogP contribution in [0, 0.1) is 0 Å². The van der Waals surface area contributed by atoms with Gasteiger partial charge in [-0.1, -0.05) is 33.7 Å². The predicted octanol–water partition coefficient (Wildman–Crippen LogP) is 1.32. The van der Waals surface area contributed by atoms with Crippen LogP contribution in [0.15, 0.2) is 24.3 Å². The molecule has 1 aromatic rings. The van der Waals surface area contributed by atoms with Crippen LogP contribution in [0.5, 0.6) is 0 Å². The number of carbonyl (C=O) groups is 4. The molecule has 0 radical (unpaired) electrons. The van der Waals surface area contributed by atoms with Gasteiger partial charge in [-0.2, -0.15) is 0 Å². The van der Waals surface area contributed by atoms with Crippen molar-refractivity contribution in [2.75, 3.05) is 24.6 Å². The number of carbonyl (C=O) groups excluding carboxylic acids is 4. The van der Waals surface area contributed by atoms with Crippen LogP contribution in [0.25, 0.3) is 0 Å². The number of benzene rings is 1. The Hall–Kier alpha value is -1.80. The molecule has 8 heteroatoms.